The second-order valence-corrected chi connectivity index (χ2v) is 10.7. The van der Waals surface area contributed by atoms with Crippen molar-refractivity contribution in [3.8, 4) is 0 Å². The minimum absolute atomic E-state index is 0. The predicted molar refractivity (Wildman–Crippen MR) is 66.2 cm³/mol. The standard InChI is InChI=1S/C12H20NO2Si.2ClH.Zr/c1-12(2,3)13-9-5-6-10-11(9)16(10,4)15-8-7-14;;;/h13-14H,5,7-8H2,1-4H3;2*1H;/q;;;+2/p-2. The fourth-order valence-corrected chi connectivity index (χ4v) is 9.08. The third kappa shape index (κ3) is 3.96. The van der Waals surface area contributed by atoms with Crippen LogP contribution in [0.5, 0.6) is 0 Å². The number of fused-ring (bicyclic) bond motifs is 1. The SMILES string of the molecule is CC(C)(C)NC1=C2C(=[C]([Zr+2])C1)[Si]2(C)OCCO.[Cl-].[Cl-]. The van der Waals surface area contributed by atoms with Crippen molar-refractivity contribution in [3.05, 3.63) is 19.4 Å². The Labute approximate surface area is 144 Å². The Morgan fingerprint density at radius 3 is 2.37 bits per heavy atom. The van der Waals surface area contributed by atoms with Crippen LogP contribution in [0.2, 0.25) is 6.55 Å². The van der Waals surface area contributed by atoms with E-state index in [1.165, 1.54) is 40.8 Å². The van der Waals surface area contributed by atoms with Gasteiger partial charge in [0.1, 0.15) is 0 Å². The zero-order chi connectivity index (χ0) is 12.8. The van der Waals surface area contributed by atoms with Gasteiger partial charge in [-0.15, -0.1) is 0 Å². The van der Waals surface area contributed by atoms with Crippen LogP contribution in [0.15, 0.2) is 19.4 Å². The van der Waals surface area contributed by atoms with Gasteiger partial charge in [-0.25, -0.2) is 0 Å². The van der Waals surface area contributed by atoms with E-state index in [-0.39, 0.29) is 37.0 Å². The molecule has 1 fully saturated rings. The summed E-state index contributed by atoms with van der Waals surface area (Å²) in [4.78, 5) is 0. The normalized spacial score (nSPS) is 24.8. The van der Waals surface area contributed by atoms with E-state index in [0.29, 0.717) is 6.61 Å². The Morgan fingerprint density at radius 2 is 1.89 bits per heavy atom. The maximum absolute atomic E-state index is 8.89. The number of rotatable bonds is 4. The number of halogens is 2. The summed E-state index contributed by atoms with van der Waals surface area (Å²) < 4.78 is 7.47. The largest absolute Gasteiger partial charge is 1.00 e. The van der Waals surface area contributed by atoms with E-state index >= 15 is 0 Å². The summed E-state index contributed by atoms with van der Waals surface area (Å²) >= 11 is 1.51. The van der Waals surface area contributed by atoms with Gasteiger partial charge in [0.25, 0.3) is 0 Å². The molecule has 7 heteroatoms. The number of aliphatic hydroxyl groups is 1. The van der Waals surface area contributed by atoms with Crippen LogP contribution in [0, 0.1) is 0 Å². The van der Waals surface area contributed by atoms with Crippen molar-refractivity contribution in [2.75, 3.05) is 13.2 Å². The minimum Gasteiger partial charge on any atom is -1.00 e. The van der Waals surface area contributed by atoms with Gasteiger partial charge in [0.15, 0.2) is 0 Å². The number of hydrogen-bond acceptors (Lipinski definition) is 3. The van der Waals surface area contributed by atoms with Crippen molar-refractivity contribution in [1.82, 2.24) is 5.32 Å². The molecule has 0 aromatic carbocycles. The van der Waals surface area contributed by atoms with Gasteiger partial charge in [0.2, 0.25) is 0 Å². The molecule has 0 amide bonds. The molecule has 1 aliphatic carbocycles. The van der Waals surface area contributed by atoms with Crippen LogP contribution in [0.4, 0.5) is 0 Å². The molecule has 2 N–H and O–H groups in total. The molecular formula is C12H20Cl2NO2SiZr. The van der Waals surface area contributed by atoms with Gasteiger partial charge < -0.3 is 24.8 Å². The van der Waals surface area contributed by atoms with Crippen molar-refractivity contribution >= 4 is 8.32 Å². The monoisotopic (exact) mass is 398 g/mol. The second-order valence-electron chi connectivity index (χ2n) is 5.86. The van der Waals surface area contributed by atoms with Crippen molar-refractivity contribution in [2.45, 2.75) is 39.3 Å². The average Bonchev–Trinajstić information content (AvgIpc) is 2.64. The molecule has 1 heterocycles. The quantitative estimate of drug-likeness (QED) is 0.468. The summed E-state index contributed by atoms with van der Waals surface area (Å²) in [7, 11) is -1.74. The van der Waals surface area contributed by atoms with E-state index in [2.05, 4.69) is 32.6 Å². The molecule has 19 heavy (non-hydrogen) atoms. The summed E-state index contributed by atoms with van der Waals surface area (Å²) in [6.45, 7) is 9.42. The molecule has 2 aliphatic rings. The molecule has 107 valence electrons. The number of allylic oxidation sites excluding steroid dienone is 3. The summed E-state index contributed by atoms with van der Waals surface area (Å²) in [5.74, 6) is 0. The molecule has 0 bridgehead atoms. The van der Waals surface area contributed by atoms with Gasteiger partial charge >= 0.3 is 120 Å². The smallest absolute Gasteiger partial charge is 1.00 e. The number of hydrogen-bond donors (Lipinski definition) is 2. The molecule has 1 atom stereocenters. The van der Waals surface area contributed by atoms with Crippen LogP contribution < -0.4 is 30.1 Å². The van der Waals surface area contributed by atoms with E-state index in [4.69, 9.17) is 9.53 Å². The van der Waals surface area contributed by atoms with Crippen LogP contribution in [-0.2, 0) is 29.1 Å². The van der Waals surface area contributed by atoms with E-state index in [1.807, 2.05) is 0 Å². The van der Waals surface area contributed by atoms with E-state index < -0.39 is 8.32 Å². The molecule has 1 aliphatic heterocycles. The van der Waals surface area contributed by atoms with Gasteiger partial charge in [-0.2, -0.15) is 0 Å². The summed E-state index contributed by atoms with van der Waals surface area (Å²) in [6, 6.07) is 0. The van der Waals surface area contributed by atoms with Crippen molar-refractivity contribution in [3.63, 3.8) is 0 Å². The molecule has 0 aromatic heterocycles. The first kappa shape index (κ1) is 19.9. The van der Waals surface area contributed by atoms with Crippen LogP contribution in [0.3, 0.4) is 0 Å². The molecule has 0 aromatic rings. The molecule has 1 unspecified atom stereocenters. The minimum atomic E-state index is -1.74. The van der Waals surface area contributed by atoms with Crippen LogP contribution in [0.25, 0.3) is 0 Å². The van der Waals surface area contributed by atoms with E-state index in [1.54, 1.807) is 3.28 Å². The fraction of sp³-hybridized carbons (Fsp3) is 0.667. The average molecular weight is 401 g/mol. The number of aliphatic hydroxyl groups excluding tert-OH is 1. The van der Waals surface area contributed by atoms with E-state index in [0.717, 1.165) is 6.42 Å². The van der Waals surface area contributed by atoms with Gasteiger partial charge in [-0.1, -0.05) is 0 Å². The zero-order valence-corrected chi connectivity index (χ0v) is 16.7. The first-order chi connectivity index (χ1) is 7.79. The van der Waals surface area contributed by atoms with Gasteiger partial charge in [0.05, 0.1) is 0 Å². The Bertz CT molecular complexity index is 420. The molecule has 1 saturated heterocycles. The third-order valence-corrected chi connectivity index (χ3v) is 8.31. The molecule has 0 saturated carbocycles. The number of nitrogens with one attached hydrogen (secondary N) is 1. The second kappa shape index (κ2) is 6.76. The Morgan fingerprint density at radius 1 is 1.32 bits per heavy atom. The van der Waals surface area contributed by atoms with Gasteiger partial charge in [-0.3, -0.25) is 0 Å². The van der Waals surface area contributed by atoms with Gasteiger partial charge in [-0.05, 0) is 0 Å². The summed E-state index contributed by atoms with van der Waals surface area (Å²) in [5.41, 5.74) is 1.50. The maximum Gasteiger partial charge on any atom is -1.00 e. The molecule has 0 spiro atoms. The van der Waals surface area contributed by atoms with Crippen LogP contribution in [0.1, 0.15) is 27.2 Å². The van der Waals surface area contributed by atoms with Crippen molar-refractivity contribution in [2.24, 2.45) is 0 Å². The molecular weight excluding hydrogens is 380 g/mol. The summed E-state index contributed by atoms with van der Waals surface area (Å²) in [5, 5.41) is 15.5. The first-order valence-electron chi connectivity index (χ1n) is 6.02. The predicted octanol–water partition coefficient (Wildman–Crippen LogP) is -4.48. The molecule has 3 nitrogen and oxygen atoms in total. The Kier molecular flexibility index (Phi) is 7.07. The summed E-state index contributed by atoms with van der Waals surface area (Å²) in [6.07, 6.45) is 1.09. The fourth-order valence-electron chi connectivity index (χ4n) is 2.54. The van der Waals surface area contributed by atoms with Crippen LogP contribution >= 0.6 is 0 Å². The molecule has 2 rings (SSSR count). The Hall–Kier alpha value is 0.880. The van der Waals surface area contributed by atoms with E-state index in [9.17, 15) is 0 Å². The van der Waals surface area contributed by atoms with Crippen molar-refractivity contribution < 1.29 is 59.1 Å². The van der Waals surface area contributed by atoms with Gasteiger partial charge in [0, 0.05) is 0 Å². The Balaban J connectivity index is 0.00000162. The maximum atomic E-state index is 8.89. The molecule has 0 radical (unpaired) electrons. The first-order valence-corrected chi connectivity index (χ1v) is 9.65. The van der Waals surface area contributed by atoms with Crippen molar-refractivity contribution in [1.29, 1.82) is 0 Å². The topological polar surface area (TPSA) is 41.5 Å². The zero-order valence-electron chi connectivity index (χ0n) is 11.7. The van der Waals surface area contributed by atoms with Crippen LogP contribution in [-0.4, -0.2) is 32.2 Å². The third-order valence-electron chi connectivity index (χ3n) is 3.11.